The molecular weight excluding hydrogens is 382 g/mol. The van der Waals surface area contributed by atoms with Gasteiger partial charge < -0.3 is 14.8 Å². The predicted octanol–water partition coefficient (Wildman–Crippen LogP) is 6.45. The lowest BCUT2D eigenvalue weighted by Crippen LogP contribution is -2.32. The summed E-state index contributed by atoms with van der Waals surface area (Å²) >= 11 is 0. The van der Waals surface area contributed by atoms with Crippen LogP contribution in [0.5, 0.6) is 11.5 Å². The number of benzene rings is 3. The minimum Gasteiger partial charge on any atom is -0.480 e. The van der Waals surface area contributed by atoms with Gasteiger partial charge in [-0.15, -0.1) is 6.42 Å². The van der Waals surface area contributed by atoms with Crippen LogP contribution in [0.2, 0.25) is 0 Å². The second kappa shape index (κ2) is 7.25. The normalized spacial score (nSPS) is 17.6. The van der Waals surface area contributed by atoms with Gasteiger partial charge in [-0.05, 0) is 55.7 Å². The second-order valence-corrected chi connectivity index (χ2v) is 8.65. The number of fused-ring (bicyclic) bond motifs is 5. The Morgan fingerprint density at radius 2 is 1.84 bits per heavy atom. The maximum absolute atomic E-state index is 6.64. The number of terminal acetylenes is 1. The number of hydrogen-bond acceptors (Lipinski definition) is 3. The van der Waals surface area contributed by atoms with Gasteiger partial charge in [0, 0.05) is 16.8 Å². The molecule has 0 saturated carbocycles. The maximum Gasteiger partial charge on any atom is 0.150 e. The van der Waals surface area contributed by atoms with E-state index >= 15 is 0 Å². The van der Waals surface area contributed by atoms with Gasteiger partial charge in [-0.2, -0.15) is 0 Å². The highest BCUT2D eigenvalue weighted by Crippen LogP contribution is 2.53. The predicted molar refractivity (Wildman–Crippen MR) is 126 cm³/mol. The van der Waals surface area contributed by atoms with Crippen molar-refractivity contribution in [2.45, 2.75) is 32.4 Å². The molecule has 1 atom stereocenters. The standard InChI is InChI=1S/C28H25NO2/c1-5-16-30-22-12-9-13-23-25(22)20-14-15-21-24(18(2)17-28(3,4)29-21)26(20)27(31-23)19-10-7-6-8-11-19/h1,6-15,17,27,29H,16H2,2-4H3. The number of anilines is 1. The lowest BCUT2D eigenvalue weighted by Gasteiger charge is -2.37. The fourth-order valence-electron chi connectivity index (χ4n) is 4.80. The third-order valence-electron chi connectivity index (χ3n) is 5.85. The summed E-state index contributed by atoms with van der Waals surface area (Å²) in [6.45, 7) is 6.77. The van der Waals surface area contributed by atoms with E-state index in [0.29, 0.717) is 0 Å². The van der Waals surface area contributed by atoms with Gasteiger partial charge in [-0.1, -0.05) is 54.5 Å². The number of rotatable bonds is 3. The van der Waals surface area contributed by atoms with Crippen LogP contribution in [-0.2, 0) is 0 Å². The quantitative estimate of drug-likeness (QED) is 0.506. The molecule has 0 spiro atoms. The molecule has 0 amide bonds. The van der Waals surface area contributed by atoms with E-state index in [1.165, 1.54) is 11.1 Å². The number of nitrogens with one attached hydrogen (secondary N) is 1. The van der Waals surface area contributed by atoms with Crippen molar-refractivity contribution in [1.29, 1.82) is 0 Å². The summed E-state index contributed by atoms with van der Waals surface area (Å²) in [7, 11) is 0. The Morgan fingerprint density at radius 1 is 1.03 bits per heavy atom. The van der Waals surface area contributed by atoms with E-state index in [4.69, 9.17) is 15.9 Å². The van der Waals surface area contributed by atoms with Crippen molar-refractivity contribution in [3.8, 4) is 35.0 Å². The first-order valence-corrected chi connectivity index (χ1v) is 10.5. The van der Waals surface area contributed by atoms with E-state index in [1.54, 1.807) is 0 Å². The van der Waals surface area contributed by atoms with E-state index in [2.05, 4.69) is 74.5 Å². The van der Waals surface area contributed by atoms with Gasteiger partial charge in [0.2, 0.25) is 0 Å². The van der Waals surface area contributed by atoms with Crippen molar-refractivity contribution in [3.05, 3.63) is 83.4 Å². The van der Waals surface area contributed by atoms with Crippen molar-refractivity contribution in [3.63, 3.8) is 0 Å². The molecule has 2 heterocycles. The van der Waals surface area contributed by atoms with Crippen LogP contribution < -0.4 is 14.8 Å². The van der Waals surface area contributed by atoms with Crippen LogP contribution in [0, 0.1) is 12.3 Å². The monoisotopic (exact) mass is 407 g/mol. The van der Waals surface area contributed by atoms with Crippen LogP contribution in [-0.4, -0.2) is 12.1 Å². The second-order valence-electron chi connectivity index (χ2n) is 8.65. The Kier molecular flexibility index (Phi) is 4.52. The van der Waals surface area contributed by atoms with Gasteiger partial charge in [0.25, 0.3) is 0 Å². The Morgan fingerprint density at radius 3 is 2.61 bits per heavy atom. The van der Waals surface area contributed by atoms with E-state index in [1.807, 2.05) is 24.3 Å². The average Bonchev–Trinajstić information content (AvgIpc) is 2.76. The summed E-state index contributed by atoms with van der Waals surface area (Å²) in [6, 6.07) is 20.6. The number of ether oxygens (including phenoxy) is 2. The molecule has 0 fully saturated rings. The summed E-state index contributed by atoms with van der Waals surface area (Å²) in [5.74, 6) is 4.12. The lowest BCUT2D eigenvalue weighted by atomic mass is 9.80. The van der Waals surface area contributed by atoms with Gasteiger partial charge in [0.15, 0.2) is 6.10 Å². The fraction of sp³-hybridized carbons (Fsp3) is 0.214. The zero-order valence-corrected chi connectivity index (χ0v) is 18.0. The van der Waals surface area contributed by atoms with Crippen LogP contribution in [0.25, 0.3) is 16.7 Å². The largest absolute Gasteiger partial charge is 0.480 e. The van der Waals surface area contributed by atoms with E-state index in [0.717, 1.165) is 39.4 Å². The molecule has 1 unspecified atom stereocenters. The first-order chi connectivity index (χ1) is 15.0. The van der Waals surface area contributed by atoms with Gasteiger partial charge in [0.1, 0.15) is 18.1 Å². The van der Waals surface area contributed by atoms with Crippen LogP contribution in [0.1, 0.15) is 43.6 Å². The fourth-order valence-corrected chi connectivity index (χ4v) is 4.80. The minimum absolute atomic E-state index is 0.109. The molecule has 0 saturated heterocycles. The Bertz CT molecular complexity index is 1230. The van der Waals surface area contributed by atoms with Gasteiger partial charge in [0.05, 0.1) is 11.1 Å². The van der Waals surface area contributed by atoms with Gasteiger partial charge >= 0.3 is 0 Å². The van der Waals surface area contributed by atoms with E-state index < -0.39 is 0 Å². The maximum atomic E-state index is 6.64. The van der Waals surface area contributed by atoms with Crippen molar-refractivity contribution in [2.75, 3.05) is 11.9 Å². The van der Waals surface area contributed by atoms with Crippen LogP contribution >= 0.6 is 0 Å². The Labute approximate surface area is 183 Å². The molecule has 0 aromatic heterocycles. The summed E-state index contributed by atoms with van der Waals surface area (Å²) in [5, 5.41) is 3.67. The smallest absolute Gasteiger partial charge is 0.150 e. The summed E-state index contributed by atoms with van der Waals surface area (Å²) in [4.78, 5) is 0. The molecule has 5 rings (SSSR count). The molecule has 0 aliphatic carbocycles. The molecule has 3 nitrogen and oxygen atoms in total. The minimum atomic E-state index is -0.215. The molecule has 154 valence electrons. The zero-order chi connectivity index (χ0) is 21.6. The highest BCUT2D eigenvalue weighted by atomic mass is 16.5. The first-order valence-electron chi connectivity index (χ1n) is 10.5. The first kappa shape index (κ1) is 19.3. The SMILES string of the molecule is C#CCOc1cccc2c1-c1ccc3c(c1C(c1ccccc1)O2)C(C)=CC(C)(C)N3. The van der Waals surface area contributed by atoms with Gasteiger partial charge in [-0.3, -0.25) is 0 Å². The van der Waals surface area contributed by atoms with E-state index in [9.17, 15) is 0 Å². The molecule has 1 N–H and O–H groups in total. The highest BCUT2D eigenvalue weighted by Gasteiger charge is 2.35. The number of hydrogen-bond donors (Lipinski definition) is 1. The van der Waals surface area contributed by atoms with Crippen molar-refractivity contribution < 1.29 is 9.47 Å². The Balaban J connectivity index is 1.80. The molecule has 31 heavy (non-hydrogen) atoms. The third-order valence-corrected chi connectivity index (χ3v) is 5.85. The van der Waals surface area contributed by atoms with E-state index in [-0.39, 0.29) is 18.2 Å². The average molecular weight is 408 g/mol. The van der Waals surface area contributed by atoms with Crippen molar-refractivity contribution >= 4 is 11.3 Å². The van der Waals surface area contributed by atoms with Crippen molar-refractivity contribution in [1.82, 2.24) is 0 Å². The molecular formula is C28H25NO2. The van der Waals surface area contributed by atoms with Gasteiger partial charge in [-0.25, -0.2) is 0 Å². The molecule has 3 aromatic carbocycles. The molecule has 2 aliphatic heterocycles. The number of allylic oxidation sites excluding steroid dienone is 1. The van der Waals surface area contributed by atoms with Crippen molar-refractivity contribution in [2.24, 2.45) is 0 Å². The van der Waals surface area contributed by atoms with Crippen LogP contribution in [0.4, 0.5) is 5.69 Å². The molecule has 0 bridgehead atoms. The summed E-state index contributed by atoms with van der Waals surface area (Å²) in [5.41, 5.74) is 7.81. The highest BCUT2D eigenvalue weighted by molar-refractivity contribution is 5.91. The lowest BCUT2D eigenvalue weighted by molar-refractivity contribution is 0.241. The van der Waals surface area contributed by atoms with Crippen LogP contribution in [0.15, 0.2) is 66.7 Å². The molecule has 0 radical (unpaired) electrons. The molecule has 3 heteroatoms. The molecule has 2 aliphatic rings. The Hall–Kier alpha value is -3.64. The summed E-state index contributed by atoms with van der Waals surface area (Å²) < 4.78 is 12.6. The zero-order valence-electron chi connectivity index (χ0n) is 18.0. The molecule has 3 aromatic rings. The summed E-state index contributed by atoms with van der Waals surface area (Å²) in [6.07, 6.45) is 7.53. The topological polar surface area (TPSA) is 30.5 Å². The third kappa shape index (κ3) is 3.25. The van der Waals surface area contributed by atoms with Crippen LogP contribution in [0.3, 0.4) is 0 Å².